The van der Waals surface area contributed by atoms with Gasteiger partial charge in [-0.05, 0) is 60.5 Å². The summed E-state index contributed by atoms with van der Waals surface area (Å²) < 4.78 is 11.4. The maximum Gasteiger partial charge on any atom is 0.292 e. The van der Waals surface area contributed by atoms with Gasteiger partial charge in [0.1, 0.15) is 30.4 Å². The average molecular weight is 456 g/mol. The fourth-order valence-electron chi connectivity index (χ4n) is 3.02. The summed E-state index contributed by atoms with van der Waals surface area (Å²) in [4.78, 5) is 11.0. The molecule has 3 rings (SSSR count). The second-order valence-corrected chi connectivity index (χ2v) is 7.43. The summed E-state index contributed by atoms with van der Waals surface area (Å²) in [6.07, 6.45) is 0.975. The van der Waals surface area contributed by atoms with Crippen LogP contribution in [0.4, 0.5) is 17.1 Å². The van der Waals surface area contributed by atoms with Crippen LogP contribution < -0.4 is 20.1 Å². The third-order valence-electron chi connectivity index (χ3n) is 4.72. The van der Waals surface area contributed by atoms with E-state index < -0.39 is 4.92 Å². The van der Waals surface area contributed by atoms with Gasteiger partial charge >= 0.3 is 0 Å². The number of ether oxygens (including phenoxy) is 2. The first-order valence-corrected chi connectivity index (χ1v) is 10.8. The highest BCUT2D eigenvalue weighted by molar-refractivity contribution is 6.30. The number of nitrogens with one attached hydrogen (secondary N) is 2. The first-order chi connectivity index (χ1) is 15.5. The molecule has 0 radical (unpaired) electrons. The van der Waals surface area contributed by atoms with Gasteiger partial charge in [-0.15, -0.1) is 0 Å². The van der Waals surface area contributed by atoms with Gasteiger partial charge in [0.25, 0.3) is 5.69 Å². The van der Waals surface area contributed by atoms with E-state index in [2.05, 4.69) is 17.6 Å². The van der Waals surface area contributed by atoms with Gasteiger partial charge < -0.3 is 20.1 Å². The molecule has 0 fully saturated rings. The minimum Gasteiger partial charge on any atom is -0.492 e. The maximum atomic E-state index is 11.4. The smallest absolute Gasteiger partial charge is 0.292 e. The van der Waals surface area contributed by atoms with Crippen molar-refractivity contribution >= 4 is 28.7 Å². The number of nitrogens with zero attached hydrogens (tertiary/aromatic N) is 1. The molecule has 0 saturated heterocycles. The summed E-state index contributed by atoms with van der Waals surface area (Å²) in [5, 5.41) is 18.3. The highest BCUT2D eigenvalue weighted by atomic mass is 35.5. The second kappa shape index (κ2) is 11.8. The number of hydrogen-bond acceptors (Lipinski definition) is 6. The Morgan fingerprint density at radius 1 is 0.875 bits per heavy atom. The Morgan fingerprint density at radius 2 is 1.47 bits per heavy atom. The zero-order chi connectivity index (χ0) is 22.8. The predicted octanol–water partition coefficient (Wildman–Crippen LogP) is 5.79. The minimum atomic E-state index is -0.403. The SMILES string of the molecule is CCc1ccc(OCCNc2cc(NCCOc3ccc(Cl)cc3)ccc2[N+](=O)[O-])cc1. The Labute approximate surface area is 192 Å². The molecule has 168 valence electrons. The molecule has 3 aromatic carbocycles. The lowest BCUT2D eigenvalue weighted by Gasteiger charge is -2.12. The van der Waals surface area contributed by atoms with E-state index >= 15 is 0 Å². The van der Waals surface area contributed by atoms with Crippen molar-refractivity contribution in [3.05, 3.63) is 87.4 Å². The van der Waals surface area contributed by atoms with Gasteiger partial charge in [0, 0.05) is 29.9 Å². The van der Waals surface area contributed by atoms with Crippen LogP contribution in [0.1, 0.15) is 12.5 Å². The van der Waals surface area contributed by atoms with Gasteiger partial charge in [-0.3, -0.25) is 10.1 Å². The van der Waals surface area contributed by atoms with E-state index in [1.165, 1.54) is 11.6 Å². The van der Waals surface area contributed by atoms with Gasteiger partial charge in [0.15, 0.2) is 0 Å². The predicted molar refractivity (Wildman–Crippen MR) is 128 cm³/mol. The molecule has 32 heavy (non-hydrogen) atoms. The number of aryl methyl sites for hydroxylation is 1. The van der Waals surface area contributed by atoms with Crippen LogP contribution in [0.3, 0.4) is 0 Å². The Hall–Kier alpha value is -3.45. The van der Waals surface area contributed by atoms with Crippen molar-refractivity contribution in [2.24, 2.45) is 0 Å². The monoisotopic (exact) mass is 455 g/mol. The van der Waals surface area contributed by atoms with Crippen molar-refractivity contribution in [2.45, 2.75) is 13.3 Å². The Bertz CT molecular complexity index is 1010. The van der Waals surface area contributed by atoms with Crippen molar-refractivity contribution < 1.29 is 14.4 Å². The van der Waals surface area contributed by atoms with Crippen molar-refractivity contribution in [3.8, 4) is 11.5 Å². The number of hydrogen-bond donors (Lipinski definition) is 2. The molecule has 7 nitrogen and oxygen atoms in total. The molecule has 0 aromatic heterocycles. The van der Waals surface area contributed by atoms with Gasteiger partial charge in [0.2, 0.25) is 0 Å². The zero-order valence-corrected chi connectivity index (χ0v) is 18.6. The van der Waals surface area contributed by atoms with Gasteiger partial charge in [-0.25, -0.2) is 0 Å². The molecule has 0 aliphatic carbocycles. The second-order valence-electron chi connectivity index (χ2n) is 6.99. The molecule has 0 amide bonds. The van der Waals surface area contributed by atoms with Crippen LogP contribution in [-0.4, -0.2) is 31.2 Å². The van der Waals surface area contributed by atoms with E-state index in [9.17, 15) is 10.1 Å². The minimum absolute atomic E-state index is 0.0141. The number of nitro groups is 1. The number of rotatable bonds is 12. The van der Waals surface area contributed by atoms with Crippen molar-refractivity contribution in [1.82, 2.24) is 0 Å². The van der Waals surface area contributed by atoms with Crippen LogP contribution >= 0.6 is 11.6 Å². The molecule has 0 aliphatic rings. The molecule has 0 aliphatic heterocycles. The van der Waals surface area contributed by atoms with E-state index in [0.717, 1.165) is 23.6 Å². The maximum absolute atomic E-state index is 11.4. The lowest BCUT2D eigenvalue weighted by atomic mass is 10.2. The zero-order valence-electron chi connectivity index (χ0n) is 17.8. The highest BCUT2D eigenvalue weighted by Crippen LogP contribution is 2.27. The third kappa shape index (κ3) is 7.06. The third-order valence-corrected chi connectivity index (χ3v) is 4.98. The van der Waals surface area contributed by atoms with E-state index in [1.807, 2.05) is 24.3 Å². The number of halogens is 1. The fourth-order valence-corrected chi connectivity index (χ4v) is 3.14. The summed E-state index contributed by atoms with van der Waals surface area (Å²) in [5.74, 6) is 1.50. The molecule has 0 bridgehead atoms. The topological polar surface area (TPSA) is 85.7 Å². The molecular formula is C24H26ClN3O4. The average Bonchev–Trinajstić information content (AvgIpc) is 2.81. The molecule has 0 unspecified atom stereocenters. The van der Waals surface area contributed by atoms with E-state index in [4.69, 9.17) is 21.1 Å². The van der Waals surface area contributed by atoms with Crippen LogP contribution in [0.5, 0.6) is 11.5 Å². The summed E-state index contributed by atoms with van der Waals surface area (Å²) >= 11 is 5.86. The first-order valence-electron chi connectivity index (χ1n) is 10.4. The van der Waals surface area contributed by atoms with Crippen LogP contribution in [0.25, 0.3) is 0 Å². The van der Waals surface area contributed by atoms with Crippen molar-refractivity contribution in [3.63, 3.8) is 0 Å². The normalized spacial score (nSPS) is 10.4. The van der Waals surface area contributed by atoms with E-state index in [-0.39, 0.29) is 5.69 Å². The first kappa shape index (κ1) is 23.2. The number of anilines is 2. The lowest BCUT2D eigenvalue weighted by molar-refractivity contribution is -0.383. The molecule has 0 spiro atoms. The number of benzene rings is 3. The van der Waals surface area contributed by atoms with E-state index in [1.54, 1.807) is 36.4 Å². The largest absolute Gasteiger partial charge is 0.492 e. The quantitative estimate of drug-likeness (QED) is 0.204. The Kier molecular flexibility index (Phi) is 8.57. The molecule has 3 aromatic rings. The molecular weight excluding hydrogens is 430 g/mol. The summed E-state index contributed by atoms with van der Waals surface area (Å²) in [6, 6.07) is 19.9. The van der Waals surface area contributed by atoms with Gasteiger partial charge in [0.05, 0.1) is 4.92 Å². The summed E-state index contributed by atoms with van der Waals surface area (Å²) in [6.45, 7) is 3.89. The van der Waals surface area contributed by atoms with Crippen LogP contribution in [0.2, 0.25) is 5.02 Å². The molecule has 2 N–H and O–H groups in total. The molecule has 0 atom stereocenters. The molecule has 8 heteroatoms. The van der Waals surface area contributed by atoms with Crippen LogP contribution in [-0.2, 0) is 6.42 Å². The summed E-state index contributed by atoms with van der Waals surface area (Å²) in [5.41, 5.74) is 2.45. The molecule has 0 saturated carbocycles. The molecule has 0 heterocycles. The Morgan fingerprint density at radius 3 is 2.06 bits per heavy atom. The Balaban J connectivity index is 1.49. The van der Waals surface area contributed by atoms with Crippen LogP contribution in [0.15, 0.2) is 66.7 Å². The van der Waals surface area contributed by atoms with Gasteiger partial charge in [-0.2, -0.15) is 0 Å². The summed E-state index contributed by atoms with van der Waals surface area (Å²) in [7, 11) is 0. The van der Waals surface area contributed by atoms with Crippen molar-refractivity contribution in [2.75, 3.05) is 36.9 Å². The van der Waals surface area contributed by atoms with Crippen molar-refractivity contribution in [1.29, 1.82) is 0 Å². The standard InChI is InChI=1S/C24H26ClN3O4/c1-2-18-3-8-21(9-4-18)32-16-14-27-23-17-20(7-12-24(23)28(29)30)26-13-15-31-22-10-5-19(25)6-11-22/h3-12,17,26-27H,2,13-16H2,1H3. The number of nitro benzene ring substituents is 1. The van der Waals surface area contributed by atoms with Crippen LogP contribution in [0, 0.1) is 10.1 Å². The fraction of sp³-hybridized carbons (Fsp3) is 0.250. The lowest BCUT2D eigenvalue weighted by Crippen LogP contribution is -2.14. The highest BCUT2D eigenvalue weighted by Gasteiger charge is 2.14. The van der Waals surface area contributed by atoms with E-state index in [0.29, 0.717) is 37.0 Å². The van der Waals surface area contributed by atoms with Gasteiger partial charge in [-0.1, -0.05) is 30.7 Å².